The average molecular weight is 359 g/mol. The van der Waals surface area contributed by atoms with Crippen LogP contribution in [0, 0.1) is 0 Å². The lowest BCUT2D eigenvalue weighted by Gasteiger charge is -2.08. The first-order valence-corrected chi connectivity index (χ1v) is 9.41. The minimum Gasteiger partial charge on any atom is -0.491 e. The van der Waals surface area contributed by atoms with Crippen LogP contribution in [-0.2, 0) is 25.9 Å². The van der Waals surface area contributed by atoms with E-state index in [-0.39, 0.29) is 5.03 Å². The Labute approximate surface area is 141 Å². The molecule has 0 radical (unpaired) electrons. The number of aryl methyl sites for hydroxylation is 1. The second-order valence-corrected chi connectivity index (χ2v) is 6.75. The number of hydrogen-bond donors (Lipinski definition) is 0. The van der Waals surface area contributed by atoms with Crippen LogP contribution in [0.15, 0.2) is 28.5 Å². The highest BCUT2D eigenvalue weighted by atomic mass is 32.2. The Balaban J connectivity index is 2.29. The Kier molecular flexibility index (Phi) is 9.10. The van der Waals surface area contributed by atoms with Gasteiger partial charge in [0.05, 0.1) is 32.5 Å². The van der Waals surface area contributed by atoms with Crippen LogP contribution in [0.2, 0.25) is 0 Å². The molecule has 0 N–H and O–H groups in total. The van der Waals surface area contributed by atoms with Gasteiger partial charge in [-0.1, -0.05) is 5.11 Å². The van der Waals surface area contributed by atoms with Gasteiger partial charge in [-0.05, 0) is 12.5 Å². The molecule has 0 fully saturated rings. The molecule has 0 unspecified atom stereocenters. The zero-order chi connectivity index (χ0) is 17.8. The quantitative estimate of drug-likeness (QED) is 0.182. The van der Waals surface area contributed by atoms with Gasteiger partial charge in [-0.2, -0.15) is 4.57 Å². The fourth-order valence-corrected chi connectivity index (χ4v) is 2.80. The molecule has 24 heavy (non-hydrogen) atoms. The Morgan fingerprint density at radius 3 is 2.50 bits per heavy atom. The van der Waals surface area contributed by atoms with E-state index in [1.807, 2.05) is 6.92 Å². The van der Waals surface area contributed by atoms with Crippen molar-refractivity contribution in [3.63, 3.8) is 0 Å². The van der Waals surface area contributed by atoms with Gasteiger partial charge in [-0.3, -0.25) is 0 Å². The molecule has 1 aromatic rings. The molecule has 0 aliphatic carbocycles. The summed E-state index contributed by atoms with van der Waals surface area (Å²) in [5, 5.41) is 3.56. The van der Waals surface area contributed by atoms with Gasteiger partial charge in [-0.25, -0.2) is 8.42 Å². The van der Waals surface area contributed by atoms with Crippen molar-refractivity contribution >= 4 is 9.84 Å². The predicted octanol–water partition coefficient (Wildman–Crippen LogP) is 1.12. The maximum Gasteiger partial charge on any atom is 0.300 e. The Morgan fingerprint density at radius 1 is 1.21 bits per heavy atom. The van der Waals surface area contributed by atoms with Crippen molar-refractivity contribution in [3.05, 3.63) is 28.8 Å². The second kappa shape index (κ2) is 10.8. The predicted molar refractivity (Wildman–Crippen MR) is 86.6 cm³/mol. The maximum atomic E-state index is 11.8. The van der Waals surface area contributed by atoms with E-state index >= 15 is 0 Å². The van der Waals surface area contributed by atoms with Gasteiger partial charge in [0.15, 0.2) is 6.20 Å². The highest BCUT2D eigenvalue weighted by Crippen LogP contribution is 2.13. The maximum absolute atomic E-state index is 11.8. The first-order chi connectivity index (χ1) is 11.5. The molecule has 0 amide bonds. The van der Waals surface area contributed by atoms with Crippen molar-refractivity contribution in [2.75, 3.05) is 45.8 Å². The zero-order valence-electron chi connectivity index (χ0n) is 13.9. The second-order valence-electron chi connectivity index (χ2n) is 4.79. The number of rotatable bonds is 12. The number of hydrogen-bond acceptors (Lipinski definition) is 6. The molecule has 0 aliphatic heterocycles. The summed E-state index contributed by atoms with van der Waals surface area (Å²) in [6, 6.07) is 3.23. The first kappa shape index (κ1) is 20.2. The molecule has 0 atom stereocenters. The molecular weight excluding hydrogens is 336 g/mol. The number of aromatic nitrogens is 1. The van der Waals surface area contributed by atoms with Crippen LogP contribution in [0.25, 0.3) is 10.4 Å². The third-order valence-electron chi connectivity index (χ3n) is 2.96. The summed E-state index contributed by atoms with van der Waals surface area (Å²) in [6.07, 6.45) is 2.85. The van der Waals surface area contributed by atoms with Gasteiger partial charge in [-0.15, -0.1) is 0 Å². The van der Waals surface area contributed by atoms with E-state index in [1.165, 1.54) is 12.3 Å². The first-order valence-electron chi connectivity index (χ1n) is 7.51. The van der Waals surface area contributed by atoms with Crippen molar-refractivity contribution < 1.29 is 27.2 Å². The van der Waals surface area contributed by atoms with E-state index in [0.717, 1.165) is 0 Å². The normalized spacial score (nSPS) is 11.1. The fourth-order valence-electron chi connectivity index (χ4n) is 1.85. The Bertz CT molecular complexity index is 659. The molecule has 0 aromatic carbocycles. The van der Waals surface area contributed by atoms with Crippen LogP contribution in [0.5, 0.6) is 5.75 Å². The van der Waals surface area contributed by atoms with E-state index in [9.17, 15) is 8.42 Å². The SMILES string of the molecule is CC[n+]1ccc(OCCOCCOCCN=[N+]=[N-])cc1S(C)(=O)=O. The molecule has 1 aromatic heterocycles. The summed E-state index contributed by atoms with van der Waals surface area (Å²) in [7, 11) is -3.32. The molecular formula is C14H23N4O5S+. The number of sulfone groups is 1. The van der Waals surface area contributed by atoms with Crippen molar-refractivity contribution in [2.45, 2.75) is 18.5 Å². The molecule has 0 spiro atoms. The van der Waals surface area contributed by atoms with Gasteiger partial charge in [0.2, 0.25) is 9.84 Å². The highest BCUT2D eigenvalue weighted by molar-refractivity contribution is 7.90. The number of nitrogens with zero attached hydrogens (tertiary/aromatic N) is 4. The monoisotopic (exact) mass is 359 g/mol. The van der Waals surface area contributed by atoms with E-state index in [4.69, 9.17) is 19.7 Å². The topological polar surface area (TPSA) is 114 Å². The van der Waals surface area contributed by atoms with E-state index in [2.05, 4.69) is 10.0 Å². The van der Waals surface area contributed by atoms with Crippen LogP contribution in [0.4, 0.5) is 0 Å². The molecule has 1 heterocycles. The van der Waals surface area contributed by atoms with Crippen LogP contribution < -0.4 is 9.30 Å². The van der Waals surface area contributed by atoms with Crippen LogP contribution in [0.3, 0.4) is 0 Å². The summed E-state index contributed by atoms with van der Waals surface area (Å²) in [6.45, 7) is 4.56. The van der Waals surface area contributed by atoms with E-state index < -0.39 is 9.84 Å². The van der Waals surface area contributed by atoms with Crippen LogP contribution in [-0.4, -0.2) is 54.3 Å². The smallest absolute Gasteiger partial charge is 0.300 e. The van der Waals surface area contributed by atoms with E-state index in [0.29, 0.717) is 51.9 Å². The summed E-state index contributed by atoms with van der Waals surface area (Å²) >= 11 is 0. The summed E-state index contributed by atoms with van der Waals surface area (Å²) in [4.78, 5) is 2.61. The third-order valence-corrected chi connectivity index (χ3v) is 4.07. The van der Waals surface area contributed by atoms with Crippen molar-refractivity contribution in [1.82, 2.24) is 0 Å². The van der Waals surface area contributed by atoms with Gasteiger partial charge in [0.25, 0.3) is 0 Å². The van der Waals surface area contributed by atoms with Gasteiger partial charge < -0.3 is 14.2 Å². The van der Waals surface area contributed by atoms with Crippen molar-refractivity contribution in [3.8, 4) is 5.75 Å². The lowest BCUT2D eigenvalue weighted by atomic mass is 10.4. The van der Waals surface area contributed by atoms with Crippen molar-refractivity contribution in [2.24, 2.45) is 5.11 Å². The minimum absolute atomic E-state index is 0.219. The average Bonchev–Trinajstić information content (AvgIpc) is 2.55. The number of azide groups is 1. The number of ether oxygens (including phenoxy) is 3. The van der Waals surface area contributed by atoms with Crippen LogP contribution in [0.1, 0.15) is 6.92 Å². The van der Waals surface area contributed by atoms with Gasteiger partial charge >= 0.3 is 5.03 Å². The summed E-state index contributed by atoms with van der Waals surface area (Å²) < 4.78 is 41.2. The standard InChI is InChI=1S/C14H23N4O5S/c1-3-18-6-4-13(12-14(18)24(2,19)20)23-11-10-22-9-8-21-7-5-16-17-15/h4,6,12H,3,5,7-11H2,1-2H3/q+1. The molecule has 0 bridgehead atoms. The third kappa shape index (κ3) is 7.60. The van der Waals surface area contributed by atoms with Gasteiger partial charge in [0.1, 0.15) is 18.9 Å². The minimum atomic E-state index is -3.32. The summed E-state index contributed by atoms with van der Waals surface area (Å²) in [5.41, 5.74) is 8.08. The van der Waals surface area contributed by atoms with Crippen LogP contribution >= 0.6 is 0 Å². The zero-order valence-corrected chi connectivity index (χ0v) is 14.7. The molecule has 10 heteroatoms. The molecule has 0 aliphatic rings. The number of pyridine rings is 1. The Morgan fingerprint density at radius 2 is 1.88 bits per heavy atom. The van der Waals surface area contributed by atoms with E-state index in [1.54, 1.807) is 16.8 Å². The molecule has 0 saturated carbocycles. The molecule has 1 rings (SSSR count). The van der Waals surface area contributed by atoms with Gasteiger partial charge in [0, 0.05) is 23.8 Å². The highest BCUT2D eigenvalue weighted by Gasteiger charge is 2.21. The van der Waals surface area contributed by atoms with Crippen molar-refractivity contribution in [1.29, 1.82) is 0 Å². The fraction of sp³-hybridized carbons (Fsp3) is 0.643. The molecule has 0 saturated heterocycles. The lowest BCUT2D eigenvalue weighted by molar-refractivity contribution is -0.730. The Hall–Kier alpha value is -1.87. The summed E-state index contributed by atoms with van der Waals surface area (Å²) in [5.74, 6) is 0.481. The largest absolute Gasteiger partial charge is 0.491 e. The molecule has 9 nitrogen and oxygen atoms in total. The lowest BCUT2D eigenvalue weighted by Crippen LogP contribution is -2.38. The molecule has 134 valence electrons.